The number of rotatable bonds is 5. The quantitative estimate of drug-likeness (QED) is 0.721. The van der Waals surface area contributed by atoms with Crippen molar-refractivity contribution in [2.24, 2.45) is 0 Å². The molecule has 0 aliphatic carbocycles. The van der Waals surface area contributed by atoms with Crippen molar-refractivity contribution in [2.75, 3.05) is 24.5 Å². The normalized spacial score (nSPS) is 20.1. The highest BCUT2D eigenvalue weighted by molar-refractivity contribution is 7.12. The molecule has 4 heterocycles. The van der Waals surface area contributed by atoms with E-state index in [0.29, 0.717) is 18.0 Å². The molecule has 2 atom stereocenters. The first kappa shape index (κ1) is 17.9. The van der Waals surface area contributed by atoms with Gasteiger partial charge in [-0.3, -0.25) is 4.79 Å². The van der Waals surface area contributed by atoms with Crippen molar-refractivity contribution >= 4 is 34.1 Å². The van der Waals surface area contributed by atoms with Crippen molar-refractivity contribution in [3.63, 3.8) is 0 Å². The van der Waals surface area contributed by atoms with Crippen LogP contribution in [0.25, 0.3) is 11.0 Å². The Labute approximate surface area is 161 Å². The fraction of sp³-hybridized carbons (Fsp3) is 0.444. The number of morpholine rings is 1. The summed E-state index contributed by atoms with van der Waals surface area (Å²) >= 11 is 1.43. The summed E-state index contributed by atoms with van der Waals surface area (Å²) in [5, 5.41) is 10.2. The molecule has 4 rings (SSSR count). The van der Waals surface area contributed by atoms with Crippen LogP contribution in [0.4, 0.5) is 5.82 Å². The van der Waals surface area contributed by atoms with Gasteiger partial charge in [-0.05, 0) is 25.3 Å². The van der Waals surface area contributed by atoms with Crippen molar-refractivity contribution in [2.45, 2.75) is 32.6 Å². The topological polar surface area (TPSA) is 85.2 Å². The molecule has 8 nitrogen and oxygen atoms in total. The Bertz CT molecular complexity index is 915. The summed E-state index contributed by atoms with van der Waals surface area (Å²) in [6.07, 6.45) is 3.68. The molecule has 0 bridgehead atoms. The predicted molar refractivity (Wildman–Crippen MR) is 104 cm³/mol. The third-order valence-corrected chi connectivity index (χ3v) is 5.35. The lowest BCUT2D eigenvalue weighted by atomic mass is 10.2. The van der Waals surface area contributed by atoms with Gasteiger partial charge in [-0.1, -0.05) is 6.07 Å². The number of anilines is 1. The molecule has 0 spiro atoms. The number of aromatic nitrogens is 4. The van der Waals surface area contributed by atoms with Crippen molar-refractivity contribution in [1.29, 1.82) is 0 Å². The first-order chi connectivity index (χ1) is 13.1. The van der Waals surface area contributed by atoms with E-state index in [9.17, 15) is 4.79 Å². The van der Waals surface area contributed by atoms with E-state index in [4.69, 9.17) is 4.74 Å². The van der Waals surface area contributed by atoms with E-state index >= 15 is 0 Å². The third-order valence-electron chi connectivity index (χ3n) is 4.49. The molecule has 9 heteroatoms. The molecule has 142 valence electrons. The second-order valence-electron chi connectivity index (χ2n) is 6.70. The molecule has 1 aliphatic heterocycles. The molecule has 3 aromatic rings. The zero-order valence-electron chi connectivity index (χ0n) is 15.3. The number of ether oxygens (including phenoxy) is 1. The lowest BCUT2D eigenvalue weighted by molar-refractivity contribution is -0.00537. The lowest BCUT2D eigenvalue weighted by Gasteiger charge is -2.36. The monoisotopic (exact) mass is 386 g/mol. The Morgan fingerprint density at radius 2 is 2.15 bits per heavy atom. The number of carbonyl (C=O) groups excluding carboxylic acids is 1. The molecule has 0 radical (unpaired) electrons. The standard InChI is InChI=1S/C18H22N6O2S/c1-12-9-23(10-13(2)26-12)16-14-8-22-24(17(14)21-11-20-16)6-5-19-18(25)15-4-3-7-27-15/h3-4,7-8,11-13H,5-6,9-10H2,1-2H3,(H,19,25)/t12-,13-/m1/s1. The molecule has 27 heavy (non-hydrogen) atoms. The van der Waals surface area contributed by atoms with Crippen LogP contribution >= 0.6 is 11.3 Å². The van der Waals surface area contributed by atoms with Gasteiger partial charge in [0.15, 0.2) is 5.65 Å². The summed E-state index contributed by atoms with van der Waals surface area (Å²) in [5.74, 6) is 0.823. The first-order valence-electron chi connectivity index (χ1n) is 9.00. The maximum atomic E-state index is 12.0. The number of nitrogens with zero attached hydrogens (tertiary/aromatic N) is 5. The molecule has 0 saturated carbocycles. The minimum Gasteiger partial charge on any atom is -0.372 e. The van der Waals surface area contributed by atoms with E-state index < -0.39 is 0 Å². The number of fused-ring (bicyclic) bond motifs is 1. The molecule has 0 aromatic carbocycles. The van der Waals surface area contributed by atoms with Gasteiger partial charge >= 0.3 is 0 Å². The molecule has 1 saturated heterocycles. The summed E-state index contributed by atoms with van der Waals surface area (Å²) in [6.45, 7) is 6.75. The van der Waals surface area contributed by atoms with Crippen LogP contribution in [0.3, 0.4) is 0 Å². The lowest BCUT2D eigenvalue weighted by Crippen LogP contribution is -2.45. The average Bonchev–Trinajstić information content (AvgIpc) is 3.30. The van der Waals surface area contributed by atoms with Crippen molar-refractivity contribution in [3.8, 4) is 0 Å². The first-order valence-corrected chi connectivity index (χ1v) is 9.88. The molecular formula is C18H22N6O2S. The second-order valence-corrected chi connectivity index (χ2v) is 7.65. The van der Waals surface area contributed by atoms with Crippen molar-refractivity contribution < 1.29 is 9.53 Å². The summed E-state index contributed by atoms with van der Waals surface area (Å²) in [7, 11) is 0. The zero-order chi connectivity index (χ0) is 18.8. The van der Waals surface area contributed by atoms with Gasteiger partial charge < -0.3 is 15.0 Å². The highest BCUT2D eigenvalue weighted by Crippen LogP contribution is 2.25. The van der Waals surface area contributed by atoms with Gasteiger partial charge in [0.25, 0.3) is 5.91 Å². The number of nitrogens with one attached hydrogen (secondary N) is 1. The second kappa shape index (κ2) is 7.61. The van der Waals surface area contributed by atoms with Crippen molar-refractivity contribution in [3.05, 3.63) is 34.9 Å². The van der Waals surface area contributed by atoms with Crippen LogP contribution in [-0.2, 0) is 11.3 Å². The number of amides is 1. The number of hydrogen-bond acceptors (Lipinski definition) is 7. The average molecular weight is 386 g/mol. The summed E-state index contributed by atoms with van der Waals surface area (Å²) in [6, 6.07) is 3.68. The van der Waals surface area contributed by atoms with E-state index in [1.807, 2.05) is 22.2 Å². The Kier molecular flexibility index (Phi) is 5.04. The number of carbonyl (C=O) groups is 1. The van der Waals surface area contributed by atoms with Crippen LogP contribution in [0, 0.1) is 0 Å². The maximum absolute atomic E-state index is 12.0. The van der Waals surface area contributed by atoms with Crippen LogP contribution in [-0.4, -0.2) is 57.5 Å². The van der Waals surface area contributed by atoms with E-state index in [2.05, 4.69) is 39.1 Å². The minimum atomic E-state index is -0.0620. The van der Waals surface area contributed by atoms with Gasteiger partial charge in [0.05, 0.1) is 35.2 Å². The van der Waals surface area contributed by atoms with Gasteiger partial charge in [-0.15, -0.1) is 11.3 Å². The van der Waals surface area contributed by atoms with Crippen LogP contribution in [0.2, 0.25) is 0 Å². The highest BCUT2D eigenvalue weighted by atomic mass is 32.1. The fourth-order valence-corrected chi connectivity index (χ4v) is 4.06. The van der Waals surface area contributed by atoms with E-state index in [1.54, 1.807) is 12.5 Å². The molecule has 3 aromatic heterocycles. The maximum Gasteiger partial charge on any atom is 0.261 e. The minimum absolute atomic E-state index is 0.0620. The van der Waals surface area contributed by atoms with Crippen LogP contribution in [0.1, 0.15) is 23.5 Å². The molecule has 1 fully saturated rings. The van der Waals surface area contributed by atoms with Gasteiger partial charge in [0.1, 0.15) is 12.1 Å². The van der Waals surface area contributed by atoms with Gasteiger partial charge in [-0.2, -0.15) is 5.10 Å². The number of hydrogen-bond donors (Lipinski definition) is 1. The Morgan fingerprint density at radius 1 is 1.33 bits per heavy atom. The Balaban J connectivity index is 1.48. The largest absolute Gasteiger partial charge is 0.372 e. The zero-order valence-corrected chi connectivity index (χ0v) is 16.1. The molecule has 1 amide bonds. The molecule has 1 aliphatic rings. The molecule has 1 N–H and O–H groups in total. The highest BCUT2D eigenvalue weighted by Gasteiger charge is 2.25. The summed E-state index contributed by atoms with van der Waals surface area (Å²) in [5.41, 5.74) is 0.775. The van der Waals surface area contributed by atoms with Gasteiger partial charge in [-0.25, -0.2) is 14.6 Å². The van der Waals surface area contributed by atoms with Crippen LogP contribution in [0.5, 0.6) is 0 Å². The van der Waals surface area contributed by atoms with Gasteiger partial charge in [0, 0.05) is 19.6 Å². The summed E-state index contributed by atoms with van der Waals surface area (Å²) < 4.78 is 7.62. The molecule has 0 unspecified atom stereocenters. The summed E-state index contributed by atoms with van der Waals surface area (Å²) in [4.78, 5) is 23.9. The smallest absolute Gasteiger partial charge is 0.261 e. The van der Waals surface area contributed by atoms with E-state index in [-0.39, 0.29) is 18.1 Å². The van der Waals surface area contributed by atoms with Gasteiger partial charge in [0.2, 0.25) is 0 Å². The van der Waals surface area contributed by atoms with E-state index in [0.717, 1.165) is 29.9 Å². The Morgan fingerprint density at radius 3 is 2.89 bits per heavy atom. The van der Waals surface area contributed by atoms with Crippen LogP contribution in [0.15, 0.2) is 30.0 Å². The SMILES string of the molecule is C[C@@H]1CN(c2ncnc3c2cnn3CCNC(=O)c2cccs2)C[C@@H](C)O1. The molecular weight excluding hydrogens is 364 g/mol. The Hall–Kier alpha value is -2.52. The van der Waals surface area contributed by atoms with Crippen LogP contribution < -0.4 is 10.2 Å². The van der Waals surface area contributed by atoms with Crippen molar-refractivity contribution in [1.82, 2.24) is 25.1 Å². The number of thiophene rings is 1. The predicted octanol–water partition coefficient (Wildman–Crippen LogP) is 1.93. The third kappa shape index (κ3) is 3.79. The fourth-order valence-electron chi connectivity index (χ4n) is 3.42. The van der Waals surface area contributed by atoms with E-state index in [1.165, 1.54) is 11.3 Å².